The molecule has 102 valence electrons. The Balaban J connectivity index is 2.05. The number of rotatable bonds is 5. The molecule has 4 nitrogen and oxygen atoms in total. The highest BCUT2D eigenvalue weighted by atomic mass is 79.9. The molecular formula is C14H10BrNO3S. The molecule has 0 atom stereocenters. The molecule has 0 amide bonds. The van der Waals surface area contributed by atoms with Gasteiger partial charge in [-0.2, -0.15) is 0 Å². The van der Waals surface area contributed by atoms with Crippen LogP contribution in [0.5, 0.6) is 0 Å². The lowest BCUT2D eigenvalue weighted by molar-refractivity contribution is -0.384. The van der Waals surface area contributed by atoms with E-state index in [1.54, 1.807) is 6.07 Å². The molecule has 2 aromatic carbocycles. The van der Waals surface area contributed by atoms with Crippen molar-refractivity contribution >= 4 is 39.2 Å². The number of halogens is 1. The minimum atomic E-state index is -0.502. The van der Waals surface area contributed by atoms with Crippen LogP contribution in [0, 0.1) is 10.1 Å². The molecule has 0 unspecified atom stereocenters. The molecule has 0 aromatic heterocycles. The largest absolute Gasteiger partial charge is 0.293 e. The van der Waals surface area contributed by atoms with Gasteiger partial charge >= 0.3 is 0 Å². The normalized spacial score (nSPS) is 10.2. The summed E-state index contributed by atoms with van der Waals surface area (Å²) >= 11 is 4.77. The highest BCUT2D eigenvalue weighted by molar-refractivity contribution is 9.10. The smallest absolute Gasteiger partial charge is 0.270 e. The molecule has 0 saturated heterocycles. The minimum Gasteiger partial charge on any atom is -0.293 e. The maximum Gasteiger partial charge on any atom is 0.270 e. The van der Waals surface area contributed by atoms with E-state index < -0.39 is 4.92 Å². The second kappa shape index (κ2) is 6.67. The molecule has 0 heterocycles. The number of hydrogen-bond donors (Lipinski definition) is 0. The predicted molar refractivity (Wildman–Crippen MR) is 82.3 cm³/mol. The molecular weight excluding hydrogens is 342 g/mol. The van der Waals surface area contributed by atoms with Crippen molar-refractivity contribution in [2.75, 3.05) is 5.75 Å². The van der Waals surface area contributed by atoms with Gasteiger partial charge in [-0.15, -0.1) is 11.8 Å². The maximum atomic E-state index is 12.0. The van der Waals surface area contributed by atoms with Crippen LogP contribution >= 0.6 is 27.7 Å². The summed E-state index contributed by atoms with van der Waals surface area (Å²) in [5, 5.41) is 10.7. The summed E-state index contributed by atoms with van der Waals surface area (Å²) in [6.45, 7) is 0. The summed E-state index contributed by atoms with van der Waals surface area (Å²) in [6, 6.07) is 13.4. The topological polar surface area (TPSA) is 60.2 Å². The van der Waals surface area contributed by atoms with Crippen molar-refractivity contribution in [3.8, 4) is 0 Å². The van der Waals surface area contributed by atoms with Crippen LogP contribution in [0.2, 0.25) is 0 Å². The average molecular weight is 352 g/mol. The predicted octanol–water partition coefficient (Wildman–Crippen LogP) is 4.33. The van der Waals surface area contributed by atoms with Crippen molar-refractivity contribution in [2.45, 2.75) is 4.90 Å². The van der Waals surface area contributed by atoms with Gasteiger partial charge in [0.05, 0.1) is 10.7 Å². The average Bonchev–Trinajstić information content (AvgIpc) is 2.45. The highest BCUT2D eigenvalue weighted by Gasteiger charge is 2.11. The van der Waals surface area contributed by atoms with E-state index in [-0.39, 0.29) is 17.2 Å². The fourth-order valence-electron chi connectivity index (χ4n) is 1.58. The maximum absolute atomic E-state index is 12.0. The SMILES string of the molecule is O=C(CSc1cccc(Br)c1)c1cccc([N+](=O)[O-])c1. The van der Waals surface area contributed by atoms with E-state index in [1.807, 2.05) is 24.3 Å². The van der Waals surface area contributed by atoms with Crippen LogP contribution in [0.4, 0.5) is 5.69 Å². The first kappa shape index (κ1) is 14.7. The third-order valence-corrected chi connectivity index (χ3v) is 4.03. The van der Waals surface area contributed by atoms with Gasteiger partial charge in [0.1, 0.15) is 0 Å². The van der Waals surface area contributed by atoms with Gasteiger partial charge < -0.3 is 0 Å². The zero-order chi connectivity index (χ0) is 14.5. The van der Waals surface area contributed by atoms with Crippen molar-refractivity contribution in [3.63, 3.8) is 0 Å². The number of non-ortho nitro benzene ring substituents is 1. The van der Waals surface area contributed by atoms with E-state index in [0.717, 1.165) is 9.37 Å². The Morgan fingerprint density at radius 3 is 2.65 bits per heavy atom. The van der Waals surface area contributed by atoms with E-state index in [2.05, 4.69) is 15.9 Å². The molecule has 0 bridgehead atoms. The molecule has 6 heteroatoms. The number of ketones is 1. The quantitative estimate of drug-likeness (QED) is 0.348. The van der Waals surface area contributed by atoms with Gasteiger partial charge in [0.25, 0.3) is 5.69 Å². The van der Waals surface area contributed by atoms with Crippen LogP contribution in [-0.4, -0.2) is 16.5 Å². The van der Waals surface area contributed by atoms with Crippen LogP contribution in [0.3, 0.4) is 0 Å². The molecule has 0 fully saturated rings. The Hall–Kier alpha value is -1.66. The van der Waals surface area contributed by atoms with Crippen molar-refractivity contribution in [2.24, 2.45) is 0 Å². The van der Waals surface area contributed by atoms with E-state index in [1.165, 1.54) is 30.0 Å². The van der Waals surface area contributed by atoms with Gasteiger partial charge in [-0.1, -0.05) is 34.1 Å². The molecule has 0 aliphatic rings. The van der Waals surface area contributed by atoms with Crippen LogP contribution in [-0.2, 0) is 0 Å². The van der Waals surface area contributed by atoms with Crippen LogP contribution < -0.4 is 0 Å². The Morgan fingerprint density at radius 1 is 1.20 bits per heavy atom. The number of carbonyl (C=O) groups excluding carboxylic acids is 1. The van der Waals surface area contributed by atoms with Gasteiger partial charge in [0, 0.05) is 27.1 Å². The van der Waals surface area contributed by atoms with Crippen molar-refractivity contribution in [1.29, 1.82) is 0 Å². The Morgan fingerprint density at radius 2 is 1.95 bits per heavy atom. The Bertz CT molecular complexity index is 660. The summed E-state index contributed by atoms with van der Waals surface area (Å²) in [5.41, 5.74) is 0.296. The summed E-state index contributed by atoms with van der Waals surface area (Å²) in [5.74, 6) is 0.121. The van der Waals surface area contributed by atoms with E-state index in [4.69, 9.17) is 0 Å². The van der Waals surface area contributed by atoms with Gasteiger partial charge in [0.15, 0.2) is 5.78 Å². The standard InChI is InChI=1S/C14H10BrNO3S/c15-11-4-2-6-13(8-11)20-9-14(17)10-3-1-5-12(7-10)16(18)19/h1-8H,9H2. The number of thioether (sulfide) groups is 1. The summed E-state index contributed by atoms with van der Waals surface area (Å²) in [7, 11) is 0. The third kappa shape index (κ3) is 3.91. The lowest BCUT2D eigenvalue weighted by atomic mass is 10.1. The van der Waals surface area contributed by atoms with Crippen molar-refractivity contribution in [3.05, 3.63) is 68.7 Å². The first-order valence-electron chi connectivity index (χ1n) is 5.72. The fourth-order valence-corrected chi connectivity index (χ4v) is 2.98. The van der Waals surface area contributed by atoms with Crippen molar-refractivity contribution in [1.82, 2.24) is 0 Å². The molecule has 0 aliphatic heterocycles. The number of nitro groups is 1. The van der Waals surface area contributed by atoms with Crippen molar-refractivity contribution < 1.29 is 9.72 Å². The molecule has 2 aromatic rings. The molecule has 0 aliphatic carbocycles. The zero-order valence-corrected chi connectivity index (χ0v) is 12.7. The summed E-state index contributed by atoms with van der Waals surface area (Å²) in [6.07, 6.45) is 0. The van der Waals surface area contributed by atoms with Gasteiger partial charge in [0.2, 0.25) is 0 Å². The number of benzene rings is 2. The molecule has 20 heavy (non-hydrogen) atoms. The fraction of sp³-hybridized carbons (Fsp3) is 0.0714. The monoisotopic (exact) mass is 351 g/mol. The number of carbonyl (C=O) groups is 1. The second-order valence-electron chi connectivity index (χ2n) is 3.98. The van der Waals surface area contributed by atoms with Gasteiger partial charge in [-0.05, 0) is 18.2 Å². The first-order valence-corrected chi connectivity index (χ1v) is 7.50. The van der Waals surface area contributed by atoms with Crippen LogP contribution in [0.25, 0.3) is 0 Å². The lowest BCUT2D eigenvalue weighted by Crippen LogP contribution is -2.03. The molecule has 0 spiro atoms. The molecule has 0 N–H and O–H groups in total. The molecule has 2 rings (SSSR count). The number of nitro benzene ring substituents is 1. The number of Topliss-reactive ketones (excluding diaryl/α,β-unsaturated/α-hetero) is 1. The van der Waals surface area contributed by atoms with Gasteiger partial charge in [-0.25, -0.2) is 0 Å². The van der Waals surface area contributed by atoms with E-state index in [9.17, 15) is 14.9 Å². The van der Waals surface area contributed by atoms with E-state index >= 15 is 0 Å². The number of hydrogen-bond acceptors (Lipinski definition) is 4. The third-order valence-electron chi connectivity index (χ3n) is 2.54. The Labute approximate surface area is 128 Å². The summed E-state index contributed by atoms with van der Waals surface area (Å²) < 4.78 is 0.949. The van der Waals surface area contributed by atoms with Crippen LogP contribution in [0.1, 0.15) is 10.4 Å². The zero-order valence-electron chi connectivity index (χ0n) is 10.3. The molecule has 0 saturated carbocycles. The molecule has 0 radical (unpaired) electrons. The minimum absolute atomic E-state index is 0.0664. The summed E-state index contributed by atoms with van der Waals surface area (Å²) in [4.78, 5) is 23.2. The Kier molecular flexibility index (Phi) is 4.92. The van der Waals surface area contributed by atoms with E-state index in [0.29, 0.717) is 5.56 Å². The first-order chi connectivity index (χ1) is 9.56. The highest BCUT2D eigenvalue weighted by Crippen LogP contribution is 2.23. The number of nitrogens with zero attached hydrogens (tertiary/aromatic N) is 1. The lowest BCUT2D eigenvalue weighted by Gasteiger charge is -2.02. The second-order valence-corrected chi connectivity index (χ2v) is 5.94. The van der Waals surface area contributed by atoms with Gasteiger partial charge in [-0.3, -0.25) is 14.9 Å². The van der Waals surface area contributed by atoms with Crippen LogP contribution in [0.15, 0.2) is 57.9 Å².